The number of carbonyl (C=O) groups is 1. The van der Waals surface area contributed by atoms with Crippen LogP contribution in [0.5, 0.6) is 0 Å². The van der Waals surface area contributed by atoms with Crippen molar-refractivity contribution in [2.45, 2.75) is 23.7 Å². The molecule has 4 heteroatoms. The van der Waals surface area contributed by atoms with E-state index in [2.05, 4.69) is 46.9 Å². The van der Waals surface area contributed by atoms with Gasteiger partial charge >= 0.3 is 0 Å². The summed E-state index contributed by atoms with van der Waals surface area (Å²) >= 11 is 1.69. The fraction of sp³-hybridized carbons (Fsp3) is 0.143. The van der Waals surface area contributed by atoms with E-state index in [0.717, 1.165) is 33.0 Å². The number of benzene rings is 3. The highest BCUT2D eigenvalue weighted by atomic mass is 32.2. The molecule has 4 aromatic rings. The van der Waals surface area contributed by atoms with E-state index in [0.29, 0.717) is 11.5 Å². The third-order valence-electron chi connectivity index (χ3n) is 5.80. The molecule has 1 aromatic heterocycles. The number of hydrogen-bond acceptors (Lipinski definition) is 3. The molecule has 1 aliphatic carbocycles. The Balaban J connectivity index is 1.47. The number of hydrogen-bond donors (Lipinski definition) is 1. The van der Waals surface area contributed by atoms with Gasteiger partial charge in [0, 0.05) is 27.9 Å². The molecule has 1 aliphatic rings. The molecule has 158 valence electrons. The highest BCUT2D eigenvalue weighted by Gasteiger charge is 2.24. The summed E-state index contributed by atoms with van der Waals surface area (Å²) in [6.45, 7) is 0. The summed E-state index contributed by atoms with van der Waals surface area (Å²) < 4.78 is 0. The molecule has 3 nitrogen and oxygen atoms in total. The highest BCUT2D eigenvalue weighted by Crippen LogP contribution is 2.41. The van der Waals surface area contributed by atoms with Crippen LogP contribution in [0.25, 0.3) is 22.4 Å². The molecule has 3 aromatic carbocycles. The molecule has 0 unspecified atom stereocenters. The predicted molar refractivity (Wildman–Crippen MR) is 133 cm³/mol. The van der Waals surface area contributed by atoms with Gasteiger partial charge in [-0.3, -0.25) is 9.78 Å². The van der Waals surface area contributed by atoms with Crippen LogP contribution in [-0.2, 0) is 0 Å². The molecule has 1 amide bonds. The standard InChI is InChI=1S/C28H24N2OS/c1-32-24-13-14-25(26(18-24)21-7-4-6-20(16-21)19-11-12-19)28(31)30-23-9-5-8-22(17-23)27-10-2-3-15-29-27/h2-10,13-19H,11-12H2,1H3,(H,30,31). The maximum absolute atomic E-state index is 13.4. The molecule has 1 N–H and O–H groups in total. The number of amides is 1. The normalized spacial score (nSPS) is 13.0. The van der Waals surface area contributed by atoms with E-state index in [1.165, 1.54) is 18.4 Å². The van der Waals surface area contributed by atoms with Gasteiger partial charge in [-0.2, -0.15) is 0 Å². The number of aromatic nitrogens is 1. The summed E-state index contributed by atoms with van der Waals surface area (Å²) in [5, 5.41) is 3.09. The minimum absolute atomic E-state index is 0.109. The average Bonchev–Trinajstić information content (AvgIpc) is 3.70. The van der Waals surface area contributed by atoms with Crippen molar-refractivity contribution in [2.24, 2.45) is 0 Å². The van der Waals surface area contributed by atoms with Gasteiger partial charge in [0.15, 0.2) is 0 Å². The molecule has 1 fully saturated rings. The van der Waals surface area contributed by atoms with Crippen molar-refractivity contribution >= 4 is 23.4 Å². The van der Waals surface area contributed by atoms with E-state index < -0.39 is 0 Å². The maximum atomic E-state index is 13.4. The zero-order valence-corrected chi connectivity index (χ0v) is 18.7. The zero-order chi connectivity index (χ0) is 21.9. The van der Waals surface area contributed by atoms with Gasteiger partial charge in [0.05, 0.1) is 5.69 Å². The lowest BCUT2D eigenvalue weighted by Gasteiger charge is -2.14. The first-order valence-electron chi connectivity index (χ1n) is 10.8. The van der Waals surface area contributed by atoms with Crippen molar-refractivity contribution < 1.29 is 4.79 Å². The molecule has 0 spiro atoms. The van der Waals surface area contributed by atoms with Crippen LogP contribution in [0.2, 0.25) is 0 Å². The second-order valence-electron chi connectivity index (χ2n) is 8.06. The van der Waals surface area contributed by atoms with E-state index in [1.807, 2.05) is 54.6 Å². The summed E-state index contributed by atoms with van der Waals surface area (Å²) in [6, 6.07) is 28.4. The van der Waals surface area contributed by atoms with Crippen LogP contribution in [0, 0.1) is 0 Å². The van der Waals surface area contributed by atoms with Crippen molar-refractivity contribution in [1.82, 2.24) is 4.98 Å². The Morgan fingerprint density at radius 1 is 0.906 bits per heavy atom. The smallest absolute Gasteiger partial charge is 0.256 e. The maximum Gasteiger partial charge on any atom is 0.256 e. The van der Waals surface area contributed by atoms with E-state index in [-0.39, 0.29) is 5.91 Å². The molecule has 0 atom stereocenters. The van der Waals surface area contributed by atoms with Gasteiger partial charge in [-0.25, -0.2) is 0 Å². The van der Waals surface area contributed by atoms with Crippen molar-refractivity contribution in [2.75, 3.05) is 11.6 Å². The number of anilines is 1. The van der Waals surface area contributed by atoms with Gasteiger partial charge in [-0.05, 0) is 84.2 Å². The van der Waals surface area contributed by atoms with Gasteiger partial charge in [0.25, 0.3) is 5.91 Å². The number of nitrogens with zero attached hydrogens (tertiary/aromatic N) is 1. The van der Waals surface area contributed by atoms with Gasteiger partial charge in [-0.1, -0.05) is 42.5 Å². The van der Waals surface area contributed by atoms with Crippen LogP contribution in [0.1, 0.15) is 34.7 Å². The van der Waals surface area contributed by atoms with Gasteiger partial charge in [0.2, 0.25) is 0 Å². The topological polar surface area (TPSA) is 42.0 Å². The lowest BCUT2D eigenvalue weighted by molar-refractivity contribution is 0.102. The number of thioether (sulfide) groups is 1. The summed E-state index contributed by atoms with van der Waals surface area (Å²) in [5.41, 5.74) is 6.72. The predicted octanol–water partition coefficient (Wildman–Crippen LogP) is 7.27. The van der Waals surface area contributed by atoms with Crippen LogP contribution in [0.3, 0.4) is 0 Å². The van der Waals surface area contributed by atoms with E-state index in [9.17, 15) is 4.79 Å². The Kier molecular flexibility index (Phi) is 5.78. The average molecular weight is 437 g/mol. The number of pyridine rings is 1. The zero-order valence-electron chi connectivity index (χ0n) is 17.9. The molecule has 1 saturated carbocycles. The van der Waals surface area contributed by atoms with E-state index in [1.54, 1.807) is 18.0 Å². The van der Waals surface area contributed by atoms with Crippen LogP contribution in [0.4, 0.5) is 5.69 Å². The summed E-state index contributed by atoms with van der Waals surface area (Å²) in [4.78, 5) is 18.9. The summed E-state index contributed by atoms with van der Waals surface area (Å²) in [7, 11) is 0. The van der Waals surface area contributed by atoms with Gasteiger partial charge < -0.3 is 5.32 Å². The third-order valence-corrected chi connectivity index (χ3v) is 6.52. The summed E-state index contributed by atoms with van der Waals surface area (Å²) in [5.74, 6) is 0.563. The van der Waals surface area contributed by atoms with Crippen LogP contribution < -0.4 is 5.32 Å². The second kappa shape index (κ2) is 9.01. The molecule has 0 saturated heterocycles. The molecule has 0 aliphatic heterocycles. The Morgan fingerprint density at radius 2 is 1.75 bits per heavy atom. The number of rotatable bonds is 6. The minimum atomic E-state index is -0.109. The largest absolute Gasteiger partial charge is 0.322 e. The molecular formula is C28H24N2OS. The Morgan fingerprint density at radius 3 is 2.53 bits per heavy atom. The van der Waals surface area contributed by atoms with E-state index in [4.69, 9.17) is 0 Å². The first-order chi connectivity index (χ1) is 15.7. The molecule has 1 heterocycles. The van der Waals surface area contributed by atoms with Crippen molar-refractivity contribution in [3.63, 3.8) is 0 Å². The first kappa shape index (κ1) is 20.5. The fourth-order valence-corrected chi connectivity index (χ4v) is 4.39. The third kappa shape index (κ3) is 4.46. The highest BCUT2D eigenvalue weighted by molar-refractivity contribution is 7.98. The van der Waals surface area contributed by atoms with E-state index >= 15 is 0 Å². The molecule has 0 bridgehead atoms. The van der Waals surface area contributed by atoms with Crippen LogP contribution >= 0.6 is 11.8 Å². The number of nitrogens with one attached hydrogen (secondary N) is 1. The second-order valence-corrected chi connectivity index (χ2v) is 8.94. The molecular weight excluding hydrogens is 412 g/mol. The SMILES string of the molecule is CSc1ccc(C(=O)Nc2cccc(-c3ccccn3)c2)c(-c2cccc(C3CC3)c2)c1. The molecule has 5 rings (SSSR count). The summed E-state index contributed by atoms with van der Waals surface area (Å²) in [6.07, 6.45) is 6.35. The molecule has 0 radical (unpaired) electrons. The Hall–Kier alpha value is -3.37. The lowest BCUT2D eigenvalue weighted by Crippen LogP contribution is -2.13. The van der Waals surface area contributed by atoms with Gasteiger partial charge in [-0.15, -0.1) is 11.8 Å². The quantitative estimate of drug-likeness (QED) is 0.323. The van der Waals surface area contributed by atoms with Crippen molar-refractivity contribution in [3.05, 3.63) is 102 Å². The minimum Gasteiger partial charge on any atom is -0.322 e. The number of carbonyl (C=O) groups excluding carboxylic acids is 1. The van der Waals surface area contributed by atoms with Crippen molar-refractivity contribution in [3.8, 4) is 22.4 Å². The molecule has 32 heavy (non-hydrogen) atoms. The van der Waals surface area contributed by atoms with Crippen LogP contribution in [-0.4, -0.2) is 17.1 Å². The fourth-order valence-electron chi connectivity index (χ4n) is 3.95. The van der Waals surface area contributed by atoms with Crippen molar-refractivity contribution in [1.29, 1.82) is 0 Å². The van der Waals surface area contributed by atoms with Gasteiger partial charge in [0.1, 0.15) is 0 Å². The monoisotopic (exact) mass is 436 g/mol. The first-order valence-corrected chi connectivity index (χ1v) is 12.0. The lowest BCUT2D eigenvalue weighted by atomic mass is 9.96. The van der Waals surface area contributed by atoms with Crippen LogP contribution in [0.15, 0.2) is 96.0 Å². The Bertz CT molecular complexity index is 1270. The Labute approximate surface area is 192 Å².